The zero-order valence-corrected chi connectivity index (χ0v) is 17.3. The van der Waals surface area contributed by atoms with Crippen molar-refractivity contribution in [1.82, 2.24) is 10.7 Å². The fourth-order valence-electron chi connectivity index (χ4n) is 3.37. The third-order valence-corrected chi connectivity index (χ3v) is 5.33. The van der Waals surface area contributed by atoms with Crippen LogP contribution in [0.15, 0.2) is 78.9 Å². The molecule has 1 aliphatic rings. The number of amides is 2. The number of hydrogen-bond donors (Lipinski definition) is 2. The fraction of sp³-hybridized carbons (Fsp3) is 0.0870. The Morgan fingerprint density at radius 1 is 0.900 bits per heavy atom. The molecule has 0 spiro atoms. The van der Waals surface area contributed by atoms with E-state index in [-0.39, 0.29) is 11.8 Å². The minimum absolute atomic E-state index is 0.295. The predicted octanol–water partition coefficient (Wildman–Crippen LogP) is 4.01. The van der Waals surface area contributed by atoms with Crippen LogP contribution in [0.25, 0.3) is 0 Å². The number of rotatable bonds is 4. The van der Waals surface area contributed by atoms with Gasteiger partial charge in [0, 0.05) is 26.7 Å². The Morgan fingerprint density at radius 2 is 1.50 bits per heavy atom. The van der Waals surface area contributed by atoms with Crippen molar-refractivity contribution in [1.29, 1.82) is 0 Å². The predicted molar refractivity (Wildman–Crippen MR) is 117 cm³/mol. The lowest BCUT2D eigenvalue weighted by atomic mass is 10.00. The molecule has 4 rings (SSSR count). The molecule has 0 radical (unpaired) electrons. The Hall–Kier alpha value is -3.15. The molecule has 1 saturated heterocycles. The van der Waals surface area contributed by atoms with E-state index in [2.05, 4.69) is 10.7 Å². The lowest BCUT2D eigenvalue weighted by molar-refractivity contribution is -0.596. The SMILES string of the molecule is O=C(N[C@@H]1C(=O)N/[N+](=C\c2ccc(Cl)cc2)[C@H]1c1ccccc1)c1ccc(Cl)cc1. The van der Waals surface area contributed by atoms with Gasteiger partial charge in [-0.2, -0.15) is 0 Å². The zero-order chi connectivity index (χ0) is 21.1. The summed E-state index contributed by atoms with van der Waals surface area (Å²) in [6, 6.07) is 22.2. The molecule has 0 aliphatic carbocycles. The average molecular weight is 439 g/mol. The number of halogens is 2. The second-order valence-corrected chi connectivity index (χ2v) is 7.75. The molecule has 3 aromatic carbocycles. The van der Waals surface area contributed by atoms with Crippen LogP contribution in [0.2, 0.25) is 10.0 Å². The summed E-state index contributed by atoms with van der Waals surface area (Å²) in [6.45, 7) is 0. The van der Waals surface area contributed by atoms with Crippen LogP contribution in [0.5, 0.6) is 0 Å². The average Bonchev–Trinajstić information content (AvgIpc) is 3.05. The molecule has 2 atom stereocenters. The van der Waals surface area contributed by atoms with Gasteiger partial charge in [-0.05, 0) is 48.5 Å². The summed E-state index contributed by atoms with van der Waals surface area (Å²) in [5.41, 5.74) is 5.04. The first-order valence-electron chi connectivity index (χ1n) is 9.32. The molecular formula is C23H18Cl2N3O2+. The van der Waals surface area contributed by atoms with E-state index in [0.717, 1.165) is 11.1 Å². The van der Waals surface area contributed by atoms with Crippen LogP contribution in [0.3, 0.4) is 0 Å². The Balaban J connectivity index is 1.68. The van der Waals surface area contributed by atoms with Crippen molar-refractivity contribution in [2.45, 2.75) is 12.1 Å². The molecule has 1 fully saturated rings. The second kappa shape index (κ2) is 8.69. The van der Waals surface area contributed by atoms with E-state index >= 15 is 0 Å². The van der Waals surface area contributed by atoms with Gasteiger partial charge in [0.05, 0.1) is 0 Å². The van der Waals surface area contributed by atoms with Gasteiger partial charge in [0.1, 0.15) is 0 Å². The first-order valence-corrected chi connectivity index (χ1v) is 10.1. The van der Waals surface area contributed by atoms with Crippen LogP contribution in [-0.4, -0.2) is 28.8 Å². The number of carbonyl (C=O) groups excluding carboxylic acids is 2. The summed E-state index contributed by atoms with van der Waals surface area (Å²) in [4.78, 5) is 25.6. The number of nitrogens with one attached hydrogen (secondary N) is 2. The van der Waals surface area contributed by atoms with Gasteiger partial charge in [0.15, 0.2) is 6.04 Å². The fourth-order valence-corrected chi connectivity index (χ4v) is 3.62. The van der Waals surface area contributed by atoms with E-state index in [1.165, 1.54) is 0 Å². The van der Waals surface area contributed by atoms with Gasteiger partial charge in [0.25, 0.3) is 5.91 Å². The number of carbonyl (C=O) groups is 2. The van der Waals surface area contributed by atoms with Gasteiger partial charge in [-0.25, -0.2) is 0 Å². The van der Waals surface area contributed by atoms with Crippen LogP contribution >= 0.6 is 23.2 Å². The lowest BCUT2D eigenvalue weighted by Crippen LogP contribution is -2.42. The van der Waals surface area contributed by atoms with E-state index in [1.807, 2.05) is 48.7 Å². The van der Waals surface area contributed by atoms with Crippen LogP contribution in [0, 0.1) is 0 Å². The summed E-state index contributed by atoms with van der Waals surface area (Å²) in [5.74, 6) is -0.641. The Morgan fingerprint density at radius 3 is 2.13 bits per heavy atom. The Kier molecular flexibility index (Phi) is 5.84. The van der Waals surface area contributed by atoms with Gasteiger partial charge in [0.2, 0.25) is 12.3 Å². The molecule has 2 amide bonds. The van der Waals surface area contributed by atoms with E-state index in [1.54, 1.807) is 41.1 Å². The van der Waals surface area contributed by atoms with Crippen molar-refractivity contribution in [3.63, 3.8) is 0 Å². The van der Waals surface area contributed by atoms with Crippen molar-refractivity contribution in [3.8, 4) is 0 Å². The number of hydrazone groups is 1. The highest BCUT2D eigenvalue weighted by Crippen LogP contribution is 2.25. The van der Waals surface area contributed by atoms with E-state index in [9.17, 15) is 9.59 Å². The zero-order valence-electron chi connectivity index (χ0n) is 15.8. The van der Waals surface area contributed by atoms with Gasteiger partial charge >= 0.3 is 5.91 Å². The number of hydrazine groups is 1. The molecule has 2 N–H and O–H groups in total. The quantitative estimate of drug-likeness (QED) is 0.604. The van der Waals surface area contributed by atoms with E-state index in [0.29, 0.717) is 15.6 Å². The minimum atomic E-state index is -0.779. The van der Waals surface area contributed by atoms with Crippen LogP contribution < -0.4 is 10.7 Å². The molecule has 1 aliphatic heterocycles. The summed E-state index contributed by atoms with van der Waals surface area (Å²) < 4.78 is 1.72. The minimum Gasteiger partial charge on any atom is -0.334 e. The maximum Gasteiger partial charge on any atom is 0.304 e. The number of nitrogens with zero attached hydrogens (tertiary/aromatic N) is 1. The van der Waals surface area contributed by atoms with E-state index in [4.69, 9.17) is 23.2 Å². The van der Waals surface area contributed by atoms with Crippen molar-refractivity contribution in [3.05, 3.63) is 106 Å². The van der Waals surface area contributed by atoms with Crippen molar-refractivity contribution in [2.75, 3.05) is 0 Å². The van der Waals surface area contributed by atoms with Crippen LogP contribution in [0.4, 0.5) is 0 Å². The maximum atomic E-state index is 12.8. The van der Waals surface area contributed by atoms with Crippen LogP contribution in [-0.2, 0) is 4.79 Å². The van der Waals surface area contributed by atoms with Crippen LogP contribution in [0.1, 0.15) is 27.5 Å². The summed E-state index contributed by atoms with van der Waals surface area (Å²) in [6.07, 6.45) is 1.82. The molecule has 0 saturated carbocycles. The topological polar surface area (TPSA) is 61.2 Å². The Bertz CT molecular complexity index is 1100. The monoisotopic (exact) mass is 438 g/mol. The number of hydrogen-bond acceptors (Lipinski definition) is 2. The Labute approximate surface area is 183 Å². The third kappa shape index (κ3) is 4.37. The van der Waals surface area contributed by atoms with Gasteiger partial charge in [-0.1, -0.05) is 53.5 Å². The maximum absolute atomic E-state index is 12.8. The molecule has 5 nitrogen and oxygen atoms in total. The molecular weight excluding hydrogens is 421 g/mol. The first-order chi connectivity index (χ1) is 14.5. The highest BCUT2D eigenvalue weighted by atomic mass is 35.5. The standard InChI is InChI=1S/C23H17Cl2N3O2/c24-18-10-6-15(7-11-18)14-28-21(16-4-2-1-3-5-16)20(23(30)27-28)26-22(29)17-8-12-19(25)13-9-17/h1-14,20-21H,(H-,26,27,29,30)/p+1/b28-14-/t20-,21-/m0/s1. The highest BCUT2D eigenvalue weighted by molar-refractivity contribution is 6.31. The third-order valence-electron chi connectivity index (χ3n) is 4.83. The van der Waals surface area contributed by atoms with Gasteiger partial charge in [-0.15, -0.1) is 10.1 Å². The van der Waals surface area contributed by atoms with Crippen molar-refractivity contribution in [2.24, 2.45) is 0 Å². The number of benzene rings is 3. The molecule has 7 heteroatoms. The second-order valence-electron chi connectivity index (χ2n) is 6.88. The molecule has 150 valence electrons. The molecule has 0 unspecified atom stereocenters. The summed E-state index contributed by atoms with van der Waals surface area (Å²) >= 11 is 11.9. The van der Waals surface area contributed by atoms with Crippen molar-refractivity contribution >= 4 is 41.2 Å². The first kappa shape index (κ1) is 20.1. The molecule has 0 aromatic heterocycles. The van der Waals surface area contributed by atoms with Crippen molar-refractivity contribution < 1.29 is 14.3 Å². The normalized spacial score (nSPS) is 19.5. The van der Waals surface area contributed by atoms with Gasteiger partial charge in [-0.3, -0.25) is 9.59 Å². The largest absolute Gasteiger partial charge is 0.334 e. The lowest BCUT2D eigenvalue weighted by Gasteiger charge is -2.14. The van der Waals surface area contributed by atoms with E-state index < -0.39 is 12.1 Å². The summed E-state index contributed by atoms with van der Waals surface area (Å²) in [7, 11) is 0. The molecule has 3 aromatic rings. The molecule has 30 heavy (non-hydrogen) atoms. The summed E-state index contributed by atoms with van der Waals surface area (Å²) in [5, 5.41) is 4.03. The molecule has 0 bridgehead atoms. The van der Waals surface area contributed by atoms with Gasteiger partial charge < -0.3 is 5.32 Å². The highest BCUT2D eigenvalue weighted by Gasteiger charge is 2.47. The molecule has 1 heterocycles. The smallest absolute Gasteiger partial charge is 0.304 e.